The van der Waals surface area contributed by atoms with Gasteiger partial charge in [-0.25, -0.2) is 4.98 Å². The SMILES string of the molecule is Cc1cccc([C@@H](Cc2ccccn2)c2cnc[nH]2)c1Cl. The van der Waals surface area contributed by atoms with E-state index in [-0.39, 0.29) is 5.92 Å². The molecular formula is C17H16ClN3. The van der Waals surface area contributed by atoms with Gasteiger partial charge in [0.25, 0.3) is 0 Å². The molecular weight excluding hydrogens is 282 g/mol. The van der Waals surface area contributed by atoms with Crippen molar-refractivity contribution in [2.45, 2.75) is 19.3 Å². The van der Waals surface area contributed by atoms with E-state index in [1.54, 1.807) is 6.33 Å². The molecule has 3 nitrogen and oxygen atoms in total. The Bertz CT molecular complexity index is 708. The zero-order valence-electron chi connectivity index (χ0n) is 11.8. The lowest BCUT2D eigenvalue weighted by molar-refractivity contribution is 0.760. The van der Waals surface area contributed by atoms with Gasteiger partial charge in [-0.1, -0.05) is 35.9 Å². The second kappa shape index (κ2) is 6.10. The number of rotatable bonds is 4. The first kappa shape index (κ1) is 13.8. The molecule has 21 heavy (non-hydrogen) atoms. The largest absolute Gasteiger partial charge is 0.348 e. The van der Waals surface area contributed by atoms with Gasteiger partial charge in [0.1, 0.15) is 0 Å². The molecule has 2 heterocycles. The average Bonchev–Trinajstić information content (AvgIpc) is 3.03. The van der Waals surface area contributed by atoms with Gasteiger partial charge >= 0.3 is 0 Å². The number of nitrogens with zero attached hydrogens (tertiary/aromatic N) is 2. The van der Waals surface area contributed by atoms with Gasteiger partial charge in [0, 0.05) is 41.1 Å². The summed E-state index contributed by atoms with van der Waals surface area (Å²) in [5, 5.41) is 0.813. The molecule has 3 rings (SSSR count). The van der Waals surface area contributed by atoms with Gasteiger partial charge in [0.05, 0.1) is 6.33 Å². The molecule has 1 aromatic carbocycles. The molecule has 4 heteroatoms. The molecule has 0 fully saturated rings. The summed E-state index contributed by atoms with van der Waals surface area (Å²) in [6.45, 7) is 2.02. The zero-order chi connectivity index (χ0) is 14.7. The fourth-order valence-corrected chi connectivity index (χ4v) is 2.77. The van der Waals surface area contributed by atoms with E-state index in [0.717, 1.165) is 34.0 Å². The van der Waals surface area contributed by atoms with Gasteiger partial charge in [-0.2, -0.15) is 0 Å². The maximum Gasteiger partial charge on any atom is 0.0921 e. The molecule has 2 aromatic heterocycles. The maximum atomic E-state index is 6.52. The summed E-state index contributed by atoms with van der Waals surface area (Å²) in [5.41, 5.74) is 4.27. The molecule has 3 aromatic rings. The highest BCUT2D eigenvalue weighted by atomic mass is 35.5. The molecule has 0 amide bonds. The first-order chi connectivity index (χ1) is 10.3. The third-order valence-electron chi connectivity index (χ3n) is 3.63. The third-order valence-corrected chi connectivity index (χ3v) is 4.15. The van der Waals surface area contributed by atoms with E-state index < -0.39 is 0 Å². The third kappa shape index (κ3) is 2.98. The minimum absolute atomic E-state index is 0.120. The normalized spacial score (nSPS) is 12.3. The summed E-state index contributed by atoms with van der Waals surface area (Å²) in [5.74, 6) is 0.120. The van der Waals surface area contributed by atoms with Crippen molar-refractivity contribution < 1.29 is 0 Å². The van der Waals surface area contributed by atoms with E-state index in [2.05, 4.69) is 21.0 Å². The first-order valence-electron chi connectivity index (χ1n) is 6.89. The predicted molar refractivity (Wildman–Crippen MR) is 84.6 cm³/mol. The quantitative estimate of drug-likeness (QED) is 0.786. The predicted octanol–water partition coefficient (Wildman–Crippen LogP) is 4.14. The fourth-order valence-electron chi connectivity index (χ4n) is 2.51. The molecule has 0 bridgehead atoms. The fraction of sp³-hybridized carbons (Fsp3) is 0.176. The molecule has 0 unspecified atom stereocenters. The highest BCUT2D eigenvalue weighted by molar-refractivity contribution is 6.32. The van der Waals surface area contributed by atoms with E-state index in [0.29, 0.717) is 0 Å². The minimum atomic E-state index is 0.120. The lowest BCUT2D eigenvalue weighted by Gasteiger charge is -2.18. The molecule has 106 valence electrons. The smallest absolute Gasteiger partial charge is 0.0921 e. The number of aromatic nitrogens is 3. The average molecular weight is 298 g/mol. The van der Waals surface area contributed by atoms with Crippen molar-refractivity contribution in [3.63, 3.8) is 0 Å². The monoisotopic (exact) mass is 297 g/mol. The van der Waals surface area contributed by atoms with Gasteiger partial charge in [-0.15, -0.1) is 0 Å². The Hall–Kier alpha value is -2.13. The summed E-state index contributed by atoms with van der Waals surface area (Å²) in [7, 11) is 0. The summed E-state index contributed by atoms with van der Waals surface area (Å²) in [6, 6.07) is 12.1. The van der Waals surface area contributed by atoms with Crippen LogP contribution < -0.4 is 0 Å². The molecule has 0 aliphatic heterocycles. The lowest BCUT2D eigenvalue weighted by atomic mass is 9.90. The van der Waals surface area contributed by atoms with Crippen LogP contribution in [0.25, 0.3) is 0 Å². The summed E-state index contributed by atoms with van der Waals surface area (Å²) < 4.78 is 0. The standard InChI is InChI=1S/C17H16ClN3/c1-12-5-4-7-14(17(12)18)15(16-10-19-11-21-16)9-13-6-2-3-8-20-13/h2-8,10-11,15H,9H2,1H3,(H,19,21)/t15-/m1/s1. The van der Waals surface area contributed by atoms with Crippen LogP contribution in [-0.2, 0) is 6.42 Å². The van der Waals surface area contributed by atoms with Crippen molar-refractivity contribution in [2.24, 2.45) is 0 Å². The number of aromatic amines is 1. The Balaban J connectivity index is 2.03. The van der Waals surface area contributed by atoms with Gasteiger partial charge in [0.15, 0.2) is 0 Å². The van der Waals surface area contributed by atoms with Crippen LogP contribution in [0.3, 0.4) is 0 Å². The van der Waals surface area contributed by atoms with Crippen molar-refractivity contribution in [2.75, 3.05) is 0 Å². The molecule has 1 N–H and O–H groups in total. The van der Waals surface area contributed by atoms with Crippen molar-refractivity contribution in [3.8, 4) is 0 Å². The van der Waals surface area contributed by atoms with Crippen molar-refractivity contribution in [1.29, 1.82) is 0 Å². The van der Waals surface area contributed by atoms with Crippen LogP contribution in [0.4, 0.5) is 0 Å². The van der Waals surface area contributed by atoms with Crippen LogP contribution in [0.2, 0.25) is 5.02 Å². The second-order valence-electron chi connectivity index (χ2n) is 5.06. The van der Waals surface area contributed by atoms with E-state index in [9.17, 15) is 0 Å². The molecule has 0 aliphatic rings. The number of pyridine rings is 1. The number of aryl methyl sites for hydroxylation is 1. The van der Waals surface area contributed by atoms with E-state index in [1.807, 2.05) is 49.6 Å². The van der Waals surface area contributed by atoms with Gasteiger partial charge < -0.3 is 4.98 Å². The first-order valence-corrected chi connectivity index (χ1v) is 7.26. The number of nitrogens with one attached hydrogen (secondary N) is 1. The Morgan fingerprint density at radius 2 is 2.10 bits per heavy atom. The molecule has 1 atom stereocenters. The molecule has 0 spiro atoms. The minimum Gasteiger partial charge on any atom is -0.348 e. The Labute approximate surface area is 129 Å². The second-order valence-corrected chi connectivity index (χ2v) is 5.44. The topological polar surface area (TPSA) is 41.6 Å². The number of hydrogen-bond donors (Lipinski definition) is 1. The Kier molecular flexibility index (Phi) is 4.02. The van der Waals surface area contributed by atoms with Crippen LogP contribution in [0.1, 0.15) is 28.4 Å². The van der Waals surface area contributed by atoms with E-state index in [1.165, 1.54) is 0 Å². The van der Waals surface area contributed by atoms with Crippen LogP contribution in [0.15, 0.2) is 55.1 Å². The number of benzene rings is 1. The highest BCUT2D eigenvalue weighted by Crippen LogP contribution is 2.33. The number of imidazole rings is 1. The molecule has 0 radical (unpaired) electrons. The number of H-pyrrole nitrogens is 1. The van der Waals surface area contributed by atoms with Crippen molar-refractivity contribution in [3.05, 3.63) is 82.7 Å². The Morgan fingerprint density at radius 1 is 1.19 bits per heavy atom. The van der Waals surface area contributed by atoms with Gasteiger partial charge in [-0.3, -0.25) is 4.98 Å². The highest BCUT2D eigenvalue weighted by Gasteiger charge is 2.20. The number of halogens is 1. The molecule has 0 saturated heterocycles. The van der Waals surface area contributed by atoms with Gasteiger partial charge in [-0.05, 0) is 30.2 Å². The van der Waals surface area contributed by atoms with Crippen molar-refractivity contribution in [1.82, 2.24) is 15.0 Å². The lowest BCUT2D eigenvalue weighted by Crippen LogP contribution is -2.08. The maximum absolute atomic E-state index is 6.52. The Morgan fingerprint density at radius 3 is 2.81 bits per heavy atom. The van der Waals surface area contributed by atoms with Crippen LogP contribution in [0, 0.1) is 6.92 Å². The molecule has 0 aliphatic carbocycles. The molecule has 0 saturated carbocycles. The summed E-state index contributed by atoms with van der Waals surface area (Å²) in [6.07, 6.45) is 6.15. The summed E-state index contributed by atoms with van der Waals surface area (Å²) >= 11 is 6.52. The van der Waals surface area contributed by atoms with Crippen LogP contribution in [0.5, 0.6) is 0 Å². The zero-order valence-corrected chi connectivity index (χ0v) is 12.5. The van der Waals surface area contributed by atoms with Gasteiger partial charge in [0.2, 0.25) is 0 Å². The van der Waals surface area contributed by atoms with Crippen LogP contribution in [-0.4, -0.2) is 15.0 Å². The summed E-state index contributed by atoms with van der Waals surface area (Å²) in [4.78, 5) is 11.8. The van der Waals surface area contributed by atoms with E-state index >= 15 is 0 Å². The van der Waals surface area contributed by atoms with E-state index in [4.69, 9.17) is 11.6 Å². The van der Waals surface area contributed by atoms with Crippen molar-refractivity contribution >= 4 is 11.6 Å². The number of hydrogen-bond acceptors (Lipinski definition) is 2. The van der Waals surface area contributed by atoms with Crippen LogP contribution >= 0.6 is 11.6 Å².